The van der Waals surface area contributed by atoms with E-state index >= 15 is 0 Å². The predicted octanol–water partition coefficient (Wildman–Crippen LogP) is 4.35. The van der Waals surface area contributed by atoms with Crippen LogP contribution in [0, 0.1) is 12.8 Å². The number of nitrogens with one attached hydrogen (secondary N) is 1. The van der Waals surface area contributed by atoms with E-state index in [2.05, 4.69) is 34.1 Å². The molecule has 152 valence electrons. The maximum Gasteiger partial charge on any atom is 0.336 e. The first kappa shape index (κ1) is 17.4. The maximum atomic E-state index is 11.6. The van der Waals surface area contributed by atoms with Crippen molar-refractivity contribution in [2.24, 2.45) is 5.92 Å². The Labute approximate surface area is 172 Å². The lowest BCUT2D eigenvalue weighted by atomic mass is 10.1. The lowest BCUT2D eigenvalue weighted by Gasteiger charge is -2.29. The van der Waals surface area contributed by atoms with Crippen LogP contribution < -0.4 is 10.1 Å². The number of hydrogen-bond donors (Lipinski definition) is 2. The van der Waals surface area contributed by atoms with Crippen LogP contribution in [0.2, 0.25) is 0 Å². The van der Waals surface area contributed by atoms with Gasteiger partial charge in [-0.2, -0.15) is 0 Å². The van der Waals surface area contributed by atoms with Crippen molar-refractivity contribution in [2.75, 3.05) is 19.0 Å². The quantitative estimate of drug-likeness (QED) is 0.531. The number of fused-ring (bicyclic) bond motifs is 1. The molecule has 6 rings (SSSR count). The van der Waals surface area contributed by atoms with Crippen LogP contribution in [0.15, 0.2) is 36.4 Å². The number of nitrogens with zero attached hydrogens (tertiary/aromatic N) is 3. The lowest BCUT2D eigenvalue weighted by Crippen LogP contribution is -2.26. The largest absolute Gasteiger partial charge is 0.482 e. The zero-order chi connectivity index (χ0) is 20.6. The van der Waals surface area contributed by atoms with Crippen molar-refractivity contribution in [1.29, 1.82) is 0 Å². The standard InChI is InChI=1S/C23H22N4O3/c1-12-21(25-19-9-15(23(28)29)10-20(30-2)26(12)19)17-8-14-4-3-5-16-22(14)27(17)18(11-24-16)13-6-7-13/h3-5,8-10,13,18,24H,6-7,11H2,1-2H3,(H,28,29). The van der Waals surface area contributed by atoms with Crippen molar-refractivity contribution in [1.82, 2.24) is 14.0 Å². The number of carboxylic acids is 1. The summed E-state index contributed by atoms with van der Waals surface area (Å²) < 4.78 is 9.85. The first-order chi connectivity index (χ1) is 14.6. The Balaban J connectivity index is 1.65. The van der Waals surface area contributed by atoms with Crippen LogP contribution in [0.3, 0.4) is 0 Å². The van der Waals surface area contributed by atoms with E-state index in [1.54, 1.807) is 19.2 Å². The number of methoxy groups -OCH3 is 1. The van der Waals surface area contributed by atoms with Gasteiger partial charge in [0.25, 0.3) is 0 Å². The molecule has 4 heterocycles. The van der Waals surface area contributed by atoms with Crippen LogP contribution in [0.4, 0.5) is 5.69 Å². The molecule has 1 fully saturated rings. The second-order valence-electron chi connectivity index (χ2n) is 8.26. The average molecular weight is 402 g/mol. The van der Waals surface area contributed by atoms with Gasteiger partial charge in [-0.25, -0.2) is 9.78 Å². The first-order valence-electron chi connectivity index (χ1n) is 10.3. The van der Waals surface area contributed by atoms with Crippen LogP contribution in [0.1, 0.15) is 34.9 Å². The number of rotatable bonds is 4. The molecule has 0 saturated heterocycles. The van der Waals surface area contributed by atoms with Crippen LogP contribution >= 0.6 is 0 Å². The molecule has 7 heteroatoms. The highest BCUT2D eigenvalue weighted by atomic mass is 16.5. The maximum absolute atomic E-state index is 11.6. The Bertz CT molecular complexity index is 1350. The van der Waals surface area contributed by atoms with Gasteiger partial charge in [-0.3, -0.25) is 4.40 Å². The molecule has 1 atom stereocenters. The summed E-state index contributed by atoms with van der Waals surface area (Å²) in [6.07, 6.45) is 2.52. The topological polar surface area (TPSA) is 80.8 Å². The number of aromatic nitrogens is 3. The Hall–Kier alpha value is -3.48. The normalized spacial score (nSPS) is 18.0. The first-order valence-corrected chi connectivity index (χ1v) is 10.3. The molecule has 0 radical (unpaired) electrons. The molecule has 1 aliphatic carbocycles. The van der Waals surface area contributed by atoms with Crippen molar-refractivity contribution in [2.45, 2.75) is 25.8 Å². The monoisotopic (exact) mass is 402 g/mol. The number of carbonyl (C=O) groups is 1. The van der Waals surface area contributed by atoms with E-state index in [-0.39, 0.29) is 5.56 Å². The molecule has 3 aromatic heterocycles. The number of benzene rings is 1. The van der Waals surface area contributed by atoms with E-state index < -0.39 is 5.97 Å². The Kier molecular flexibility index (Phi) is 3.48. The van der Waals surface area contributed by atoms with E-state index in [0.717, 1.165) is 29.3 Å². The van der Waals surface area contributed by atoms with Gasteiger partial charge in [0.05, 0.1) is 41.3 Å². The molecule has 4 aromatic rings. The highest BCUT2D eigenvalue weighted by Gasteiger charge is 2.37. The molecule has 2 N–H and O–H groups in total. The van der Waals surface area contributed by atoms with Gasteiger partial charge in [0, 0.05) is 18.0 Å². The van der Waals surface area contributed by atoms with Crippen LogP contribution in [0.5, 0.6) is 5.88 Å². The number of para-hydroxylation sites is 1. The zero-order valence-electron chi connectivity index (χ0n) is 16.8. The van der Waals surface area contributed by atoms with Gasteiger partial charge in [0.2, 0.25) is 0 Å². The molecule has 1 aromatic carbocycles. The van der Waals surface area contributed by atoms with Gasteiger partial charge in [0.15, 0.2) is 5.88 Å². The molecule has 1 saturated carbocycles. The molecular formula is C23H22N4O3. The predicted molar refractivity (Wildman–Crippen MR) is 115 cm³/mol. The molecule has 30 heavy (non-hydrogen) atoms. The Morgan fingerprint density at radius 1 is 1.27 bits per heavy atom. The van der Waals surface area contributed by atoms with E-state index in [9.17, 15) is 9.90 Å². The van der Waals surface area contributed by atoms with Gasteiger partial charge in [-0.15, -0.1) is 0 Å². The number of pyridine rings is 1. The third-order valence-corrected chi connectivity index (χ3v) is 6.48. The summed E-state index contributed by atoms with van der Waals surface area (Å²) >= 11 is 0. The fraction of sp³-hybridized carbons (Fsp3) is 0.304. The number of carboxylic acid groups (broad SMARTS) is 1. The molecule has 0 spiro atoms. The second kappa shape index (κ2) is 6.01. The van der Waals surface area contributed by atoms with Crippen molar-refractivity contribution >= 4 is 28.2 Å². The summed E-state index contributed by atoms with van der Waals surface area (Å²) in [6.45, 7) is 2.93. The third kappa shape index (κ3) is 2.32. The van der Waals surface area contributed by atoms with Crippen molar-refractivity contribution in [3.63, 3.8) is 0 Å². The minimum atomic E-state index is -0.994. The SMILES string of the molecule is COc1cc(C(=O)O)cc2nc(-c3cc4cccc5c4n3C(C3CC3)CN5)c(C)n12. The van der Waals surface area contributed by atoms with Gasteiger partial charge in [0.1, 0.15) is 11.3 Å². The van der Waals surface area contributed by atoms with E-state index in [4.69, 9.17) is 9.72 Å². The fourth-order valence-corrected chi connectivity index (χ4v) is 4.91. The summed E-state index contributed by atoms with van der Waals surface area (Å²) in [5, 5.41) is 14.3. The number of ether oxygens (including phenoxy) is 1. The fourth-order valence-electron chi connectivity index (χ4n) is 4.91. The van der Waals surface area contributed by atoms with Crippen molar-refractivity contribution < 1.29 is 14.6 Å². The highest BCUT2D eigenvalue weighted by Crippen LogP contribution is 2.47. The second-order valence-corrected chi connectivity index (χ2v) is 8.26. The number of hydrogen-bond acceptors (Lipinski definition) is 4. The molecule has 2 aliphatic rings. The third-order valence-electron chi connectivity index (χ3n) is 6.48. The highest BCUT2D eigenvalue weighted by molar-refractivity contribution is 5.97. The van der Waals surface area contributed by atoms with Crippen LogP contribution in [0.25, 0.3) is 27.9 Å². The zero-order valence-corrected chi connectivity index (χ0v) is 16.8. The summed E-state index contributed by atoms with van der Waals surface area (Å²) in [4.78, 5) is 16.4. The molecule has 1 aliphatic heterocycles. The van der Waals surface area contributed by atoms with Crippen molar-refractivity contribution in [3.8, 4) is 17.3 Å². The minimum Gasteiger partial charge on any atom is -0.482 e. The van der Waals surface area contributed by atoms with E-state index in [1.165, 1.54) is 23.7 Å². The Morgan fingerprint density at radius 2 is 2.10 bits per heavy atom. The van der Waals surface area contributed by atoms with Gasteiger partial charge >= 0.3 is 5.97 Å². The van der Waals surface area contributed by atoms with Gasteiger partial charge in [-0.1, -0.05) is 12.1 Å². The van der Waals surface area contributed by atoms with E-state index in [1.807, 2.05) is 11.3 Å². The summed E-state index contributed by atoms with van der Waals surface area (Å²) in [7, 11) is 1.55. The summed E-state index contributed by atoms with van der Waals surface area (Å²) in [6, 6.07) is 12.1. The molecule has 0 amide bonds. The van der Waals surface area contributed by atoms with Crippen LogP contribution in [-0.2, 0) is 0 Å². The smallest absolute Gasteiger partial charge is 0.336 e. The molecule has 1 unspecified atom stereocenters. The number of aromatic carboxylic acids is 1. The van der Waals surface area contributed by atoms with Gasteiger partial charge in [-0.05, 0) is 43.9 Å². The summed E-state index contributed by atoms with van der Waals surface area (Å²) in [5.41, 5.74) is 6.01. The lowest BCUT2D eigenvalue weighted by molar-refractivity contribution is 0.0696. The number of aryl methyl sites for hydroxylation is 1. The molecule has 7 nitrogen and oxygen atoms in total. The van der Waals surface area contributed by atoms with Gasteiger partial charge < -0.3 is 19.7 Å². The van der Waals surface area contributed by atoms with Crippen LogP contribution in [-0.4, -0.2) is 38.7 Å². The molecular weight excluding hydrogens is 380 g/mol. The van der Waals surface area contributed by atoms with Crippen molar-refractivity contribution in [3.05, 3.63) is 47.7 Å². The average Bonchev–Trinajstić information content (AvgIpc) is 3.45. The number of anilines is 1. The summed E-state index contributed by atoms with van der Waals surface area (Å²) in [5.74, 6) is 0.161. The molecule has 0 bridgehead atoms. The Morgan fingerprint density at radius 3 is 2.83 bits per heavy atom. The van der Waals surface area contributed by atoms with E-state index in [0.29, 0.717) is 23.5 Å². The number of imidazole rings is 1. The minimum absolute atomic E-state index is 0.167.